The summed E-state index contributed by atoms with van der Waals surface area (Å²) in [5, 5.41) is 4.94. The highest BCUT2D eigenvalue weighted by molar-refractivity contribution is 7.14. The lowest BCUT2D eigenvalue weighted by Crippen LogP contribution is -2.20. The SMILES string of the molecule is COc1ccc(-c2csc(NC(=O)COc3ccc(F)cc3)n2)c(OC)c1. The third kappa shape index (κ3) is 4.73. The number of anilines is 1. The predicted molar refractivity (Wildman–Crippen MR) is 101 cm³/mol. The van der Waals surface area contributed by atoms with Crippen LogP contribution in [-0.2, 0) is 4.79 Å². The predicted octanol–water partition coefficient (Wildman–Crippen LogP) is 3.98. The van der Waals surface area contributed by atoms with Crippen molar-refractivity contribution in [3.63, 3.8) is 0 Å². The number of carbonyl (C=O) groups excluding carboxylic acids is 1. The van der Waals surface area contributed by atoms with Gasteiger partial charge in [-0.3, -0.25) is 10.1 Å². The van der Waals surface area contributed by atoms with Crippen molar-refractivity contribution in [2.75, 3.05) is 26.1 Å². The van der Waals surface area contributed by atoms with Gasteiger partial charge in [0, 0.05) is 17.0 Å². The molecule has 3 rings (SSSR count). The molecule has 0 bridgehead atoms. The number of methoxy groups -OCH3 is 2. The zero-order valence-electron chi connectivity index (χ0n) is 14.7. The van der Waals surface area contributed by atoms with E-state index >= 15 is 0 Å². The normalized spacial score (nSPS) is 10.3. The second kappa shape index (κ2) is 8.50. The first kappa shape index (κ1) is 18.7. The summed E-state index contributed by atoms with van der Waals surface area (Å²) in [5.41, 5.74) is 1.46. The maximum Gasteiger partial charge on any atom is 0.264 e. The van der Waals surface area contributed by atoms with Gasteiger partial charge >= 0.3 is 0 Å². The van der Waals surface area contributed by atoms with E-state index in [9.17, 15) is 9.18 Å². The fraction of sp³-hybridized carbons (Fsp3) is 0.158. The highest BCUT2D eigenvalue weighted by Gasteiger charge is 2.13. The molecule has 0 radical (unpaired) electrons. The van der Waals surface area contributed by atoms with Crippen LogP contribution in [0.4, 0.5) is 9.52 Å². The quantitative estimate of drug-likeness (QED) is 0.663. The van der Waals surface area contributed by atoms with Gasteiger partial charge in [-0.15, -0.1) is 11.3 Å². The van der Waals surface area contributed by atoms with Gasteiger partial charge in [-0.2, -0.15) is 0 Å². The molecule has 0 aliphatic carbocycles. The third-order valence-electron chi connectivity index (χ3n) is 3.62. The first-order valence-corrected chi connectivity index (χ1v) is 8.83. The van der Waals surface area contributed by atoms with Crippen LogP contribution >= 0.6 is 11.3 Å². The summed E-state index contributed by atoms with van der Waals surface area (Å²) in [6, 6.07) is 10.9. The summed E-state index contributed by atoms with van der Waals surface area (Å²) < 4.78 is 28.7. The van der Waals surface area contributed by atoms with E-state index in [0.29, 0.717) is 28.1 Å². The lowest BCUT2D eigenvalue weighted by molar-refractivity contribution is -0.118. The molecule has 0 saturated carbocycles. The molecule has 0 unspecified atom stereocenters. The molecule has 8 heteroatoms. The first-order valence-electron chi connectivity index (χ1n) is 7.95. The van der Waals surface area contributed by atoms with Crippen LogP contribution in [0.25, 0.3) is 11.3 Å². The Hall–Kier alpha value is -3.13. The molecule has 0 atom stereocenters. The van der Waals surface area contributed by atoms with E-state index in [1.165, 1.54) is 35.6 Å². The van der Waals surface area contributed by atoms with E-state index < -0.39 is 0 Å². The lowest BCUT2D eigenvalue weighted by Gasteiger charge is -2.08. The molecular formula is C19H17FN2O4S. The van der Waals surface area contributed by atoms with Gasteiger partial charge in [0.1, 0.15) is 23.1 Å². The number of hydrogen-bond donors (Lipinski definition) is 1. The molecule has 3 aromatic rings. The van der Waals surface area contributed by atoms with Gasteiger partial charge in [-0.05, 0) is 36.4 Å². The molecule has 0 fully saturated rings. The van der Waals surface area contributed by atoms with E-state index in [4.69, 9.17) is 14.2 Å². The van der Waals surface area contributed by atoms with Gasteiger partial charge < -0.3 is 14.2 Å². The first-order chi connectivity index (χ1) is 13.1. The molecule has 0 aliphatic heterocycles. The Balaban J connectivity index is 1.63. The van der Waals surface area contributed by atoms with Crippen LogP contribution in [0.2, 0.25) is 0 Å². The number of ether oxygens (including phenoxy) is 3. The van der Waals surface area contributed by atoms with E-state index in [-0.39, 0.29) is 18.3 Å². The summed E-state index contributed by atoms with van der Waals surface area (Å²) in [6.45, 7) is -0.202. The van der Waals surface area contributed by atoms with Crippen molar-refractivity contribution >= 4 is 22.4 Å². The second-order valence-electron chi connectivity index (χ2n) is 5.39. The van der Waals surface area contributed by atoms with Crippen LogP contribution in [0.15, 0.2) is 47.8 Å². The molecule has 0 aliphatic rings. The summed E-state index contributed by atoms with van der Waals surface area (Å²) in [4.78, 5) is 16.4. The Labute approximate surface area is 159 Å². The number of benzene rings is 2. The Morgan fingerprint density at radius 3 is 2.56 bits per heavy atom. The van der Waals surface area contributed by atoms with E-state index in [2.05, 4.69) is 10.3 Å². The van der Waals surface area contributed by atoms with Crippen molar-refractivity contribution in [2.24, 2.45) is 0 Å². The van der Waals surface area contributed by atoms with Crippen LogP contribution in [0, 0.1) is 5.82 Å². The molecule has 1 aromatic heterocycles. The van der Waals surface area contributed by atoms with E-state index in [1.54, 1.807) is 20.3 Å². The van der Waals surface area contributed by atoms with Gasteiger partial charge in [0.05, 0.1) is 19.9 Å². The highest BCUT2D eigenvalue weighted by Crippen LogP contribution is 2.34. The zero-order chi connectivity index (χ0) is 19.2. The molecule has 1 heterocycles. The Morgan fingerprint density at radius 2 is 1.85 bits per heavy atom. The number of amides is 1. The number of nitrogens with zero attached hydrogens (tertiary/aromatic N) is 1. The smallest absolute Gasteiger partial charge is 0.264 e. The lowest BCUT2D eigenvalue weighted by atomic mass is 10.1. The molecule has 6 nitrogen and oxygen atoms in total. The van der Waals surface area contributed by atoms with Gasteiger partial charge in [-0.1, -0.05) is 0 Å². The molecule has 0 spiro atoms. The number of hydrogen-bond acceptors (Lipinski definition) is 6. The Morgan fingerprint density at radius 1 is 1.11 bits per heavy atom. The summed E-state index contributed by atoms with van der Waals surface area (Å²) in [7, 11) is 3.15. The fourth-order valence-electron chi connectivity index (χ4n) is 2.30. The second-order valence-corrected chi connectivity index (χ2v) is 6.25. The van der Waals surface area contributed by atoms with Crippen LogP contribution in [0.5, 0.6) is 17.2 Å². The maximum atomic E-state index is 12.9. The minimum Gasteiger partial charge on any atom is -0.497 e. The van der Waals surface area contributed by atoms with Gasteiger partial charge in [-0.25, -0.2) is 9.37 Å². The van der Waals surface area contributed by atoms with Gasteiger partial charge in [0.15, 0.2) is 11.7 Å². The number of nitrogens with one attached hydrogen (secondary N) is 1. The standard InChI is InChI=1S/C19H17FN2O4S/c1-24-14-7-8-15(17(9-14)25-2)16-11-27-19(21-16)22-18(23)10-26-13-5-3-12(20)4-6-13/h3-9,11H,10H2,1-2H3,(H,21,22,23). The number of thiazole rings is 1. The molecule has 27 heavy (non-hydrogen) atoms. The molecule has 2 aromatic carbocycles. The van der Waals surface area contributed by atoms with Crippen LogP contribution < -0.4 is 19.5 Å². The number of carbonyl (C=O) groups is 1. The van der Waals surface area contributed by atoms with Gasteiger partial charge in [0.2, 0.25) is 0 Å². The topological polar surface area (TPSA) is 69.7 Å². The van der Waals surface area contributed by atoms with Crippen molar-refractivity contribution in [3.05, 3.63) is 53.7 Å². The monoisotopic (exact) mass is 388 g/mol. The van der Waals surface area contributed by atoms with Crippen LogP contribution in [-0.4, -0.2) is 31.7 Å². The third-order valence-corrected chi connectivity index (χ3v) is 4.38. The molecule has 1 N–H and O–H groups in total. The van der Waals surface area contributed by atoms with Crippen molar-refractivity contribution in [2.45, 2.75) is 0 Å². The molecule has 140 valence electrons. The minimum absolute atomic E-state index is 0.202. The number of rotatable bonds is 7. The molecule has 0 saturated heterocycles. The number of halogens is 1. The summed E-state index contributed by atoms with van der Waals surface area (Å²) >= 11 is 1.29. The Kier molecular flexibility index (Phi) is 5.87. The maximum absolute atomic E-state index is 12.9. The van der Waals surface area contributed by atoms with Crippen molar-refractivity contribution in [3.8, 4) is 28.5 Å². The Bertz CT molecular complexity index is 928. The van der Waals surface area contributed by atoms with Crippen LogP contribution in [0.3, 0.4) is 0 Å². The largest absolute Gasteiger partial charge is 0.497 e. The van der Waals surface area contributed by atoms with Crippen molar-refractivity contribution < 1.29 is 23.4 Å². The van der Waals surface area contributed by atoms with Crippen molar-refractivity contribution in [1.82, 2.24) is 4.98 Å². The van der Waals surface area contributed by atoms with Crippen LogP contribution in [0.1, 0.15) is 0 Å². The molecular weight excluding hydrogens is 371 g/mol. The average Bonchev–Trinajstić information content (AvgIpc) is 3.15. The summed E-state index contributed by atoms with van der Waals surface area (Å²) in [5.74, 6) is 0.988. The van der Waals surface area contributed by atoms with E-state index in [0.717, 1.165) is 5.56 Å². The van der Waals surface area contributed by atoms with Gasteiger partial charge in [0.25, 0.3) is 5.91 Å². The fourth-order valence-corrected chi connectivity index (χ4v) is 3.03. The average molecular weight is 388 g/mol. The molecule has 1 amide bonds. The highest BCUT2D eigenvalue weighted by atomic mass is 32.1. The van der Waals surface area contributed by atoms with Crippen molar-refractivity contribution in [1.29, 1.82) is 0 Å². The van der Waals surface area contributed by atoms with E-state index in [1.807, 2.05) is 17.5 Å². The number of aromatic nitrogens is 1. The minimum atomic E-state index is -0.365. The zero-order valence-corrected chi connectivity index (χ0v) is 15.5. The summed E-state index contributed by atoms with van der Waals surface area (Å²) in [6.07, 6.45) is 0.